The van der Waals surface area contributed by atoms with E-state index in [1.54, 1.807) is 18.1 Å². The van der Waals surface area contributed by atoms with Crippen LogP contribution in [0.3, 0.4) is 0 Å². The number of ether oxygens (including phenoxy) is 1. The fourth-order valence-electron chi connectivity index (χ4n) is 3.26. The van der Waals surface area contributed by atoms with E-state index in [2.05, 4.69) is 10.3 Å². The molecule has 7 heteroatoms. The summed E-state index contributed by atoms with van der Waals surface area (Å²) >= 11 is 0. The molecule has 1 aromatic carbocycles. The first kappa shape index (κ1) is 16.4. The van der Waals surface area contributed by atoms with E-state index in [9.17, 15) is 4.79 Å². The molecule has 2 aromatic heterocycles. The van der Waals surface area contributed by atoms with Crippen LogP contribution in [0.25, 0.3) is 11.3 Å². The topological polar surface area (TPSA) is 81.6 Å². The van der Waals surface area contributed by atoms with Gasteiger partial charge in [0, 0.05) is 24.2 Å². The van der Waals surface area contributed by atoms with Crippen LogP contribution in [-0.4, -0.2) is 34.8 Å². The normalized spacial score (nSPS) is 16.8. The fourth-order valence-corrected chi connectivity index (χ4v) is 3.26. The van der Waals surface area contributed by atoms with Gasteiger partial charge in [-0.3, -0.25) is 4.79 Å². The van der Waals surface area contributed by atoms with Crippen molar-refractivity contribution >= 4 is 5.91 Å². The Morgan fingerprint density at radius 1 is 1.19 bits per heavy atom. The van der Waals surface area contributed by atoms with Gasteiger partial charge in [-0.1, -0.05) is 10.3 Å². The van der Waals surface area contributed by atoms with Crippen LogP contribution in [0.4, 0.5) is 0 Å². The largest absolute Gasteiger partial charge is 0.497 e. The zero-order valence-corrected chi connectivity index (χ0v) is 14.6. The number of carbonyl (C=O) groups excluding carboxylic acids is 1. The minimum atomic E-state index is -0.162. The van der Waals surface area contributed by atoms with Gasteiger partial charge in [0.25, 0.3) is 5.91 Å². The standard InChI is InChI=1S/C19H19N3O4/c1-12-10-18(26-20-12)16-4-3-9-22(16)19(23)15-11-17(25-21-15)13-5-7-14(24-2)8-6-13/h5-8,10-11,16H,3-4,9H2,1-2H3/t16-/m1/s1. The van der Waals surface area contributed by atoms with Gasteiger partial charge in [-0.05, 0) is 44.0 Å². The summed E-state index contributed by atoms with van der Waals surface area (Å²) in [5.41, 5.74) is 1.93. The zero-order chi connectivity index (χ0) is 18.1. The Labute approximate surface area is 150 Å². The SMILES string of the molecule is COc1ccc(-c2cc(C(=O)N3CCC[C@@H]3c3cc(C)no3)no2)cc1. The lowest BCUT2D eigenvalue weighted by Crippen LogP contribution is -2.30. The molecule has 1 atom stereocenters. The molecule has 1 amide bonds. The molecule has 0 N–H and O–H groups in total. The number of rotatable bonds is 4. The molecule has 1 saturated heterocycles. The molecule has 0 spiro atoms. The van der Waals surface area contributed by atoms with Crippen molar-refractivity contribution in [2.75, 3.05) is 13.7 Å². The molecule has 26 heavy (non-hydrogen) atoms. The molecule has 0 bridgehead atoms. The molecule has 1 aliphatic rings. The molecule has 7 nitrogen and oxygen atoms in total. The summed E-state index contributed by atoms with van der Waals surface area (Å²) in [6, 6.07) is 10.8. The first-order valence-corrected chi connectivity index (χ1v) is 8.51. The number of aromatic nitrogens is 2. The van der Waals surface area contributed by atoms with Crippen molar-refractivity contribution in [3.05, 3.63) is 53.5 Å². The summed E-state index contributed by atoms with van der Waals surface area (Å²) in [7, 11) is 1.61. The summed E-state index contributed by atoms with van der Waals surface area (Å²) in [6.45, 7) is 2.53. The summed E-state index contributed by atoms with van der Waals surface area (Å²) in [5.74, 6) is 1.85. The lowest BCUT2D eigenvalue weighted by Gasteiger charge is -2.21. The average Bonchev–Trinajstić information content (AvgIpc) is 3.41. The summed E-state index contributed by atoms with van der Waals surface area (Å²) in [6.07, 6.45) is 1.77. The van der Waals surface area contributed by atoms with Gasteiger partial charge in [0.2, 0.25) is 0 Å². The number of amides is 1. The highest BCUT2D eigenvalue weighted by Crippen LogP contribution is 2.34. The predicted octanol–water partition coefficient (Wildman–Crippen LogP) is 3.62. The third kappa shape index (κ3) is 2.96. The first-order chi connectivity index (χ1) is 12.7. The van der Waals surface area contributed by atoms with Gasteiger partial charge in [0.05, 0.1) is 18.8 Å². The van der Waals surface area contributed by atoms with Crippen molar-refractivity contribution in [2.45, 2.75) is 25.8 Å². The molecular weight excluding hydrogens is 334 g/mol. The second-order valence-electron chi connectivity index (χ2n) is 6.33. The third-order valence-corrected chi connectivity index (χ3v) is 4.59. The molecule has 0 aliphatic carbocycles. The molecular formula is C19H19N3O4. The van der Waals surface area contributed by atoms with Crippen LogP contribution in [0.1, 0.15) is 40.8 Å². The molecule has 3 aromatic rings. The van der Waals surface area contributed by atoms with Crippen molar-refractivity contribution in [1.29, 1.82) is 0 Å². The Morgan fingerprint density at radius 2 is 2.00 bits per heavy atom. The Morgan fingerprint density at radius 3 is 2.69 bits per heavy atom. The first-order valence-electron chi connectivity index (χ1n) is 8.51. The lowest BCUT2D eigenvalue weighted by atomic mass is 10.1. The Balaban J connectivity index is 1.55. The molecule has 0 unspecified atom stereocenters. The van der Waals surface area contributed by atoms with Crippen LogP contribution in [0.2, 0.25) is 0 Å². The second-order valence-corrected chi connectivity index (χ2v) is 6.33. The Hall–Kier alpha value is -3.09. The number of hydrogen-bond donors (Lipinski definition) is 0. The zero-order valence-electron chi connectivity index (χ0n) is 14.6. The minimum Gasteiger partial charge on any atom is -0.497 e. The van der Waals surface area contributed by atoms with Crippen molar-refractivity contribution in [3.8, 4) is 17.1 Å². The molecule has 1 fully saturated rings. The number of benzene rings is 1. The highest BCUT2D eigenvalue weighted by Gasteiger charge is 2.34. The summed E-state index contributed by atoms with van der Waals surface area (Å²) in [4.78, 5) is 14.7. The van der Waals surface area contributed by atoms with Crippen molar-refractivity contribution in [3.63, 3.8) is 0 Å². The van der Waals surface area contributed by atoms with Gasteiger partial charge in [0.1, 0.15) is 5.75 Å². The van der Waals surface area contributed by atoms with Crippen molar-refractivity contribution in [2.24, 2.45) is 0 Å². The molecule has 4 rings (SSSR count). The van der Waals surface area contributed by atoms with Crippen LogP contribution < -0.4 is 4.74 Å². The van der Waals surface area contributed by atoms with E-state index < -0.39 is 0 Å². The van der Waals surface area contributed by atoms with E-state index in [0.29, 0.717) is 23.8 Å². The van der Waals surface area contributed by atoms with Gasteiger partial charge in [-0.15, -0.1) is 0 Å². The Kier molecular flexibility index (Phi) is 4.20. The number of likely N-dealkylation sites (tertiary alicyclic amines) is 1. The maximum absolute atomic E-state index is 12.9. The molecule has 3 heterocycles. The predicted molar refractivity (Wildman–Crippen MR) is 92.7 cm³/mol. The monoisotopic (exact) mass is 353 g/mol. The van der Waals surface area contributed by atoms with E-state index in [1.807, 2.05) is 37.3 Å². The second kappa shape index (κ2) is 6.67. The van der Waals surface area contributed by atoms with E-state index >= 15 is 0 Å². The fraction of sp³-hybridized carbons (Fsp3) is 0.316. The average molecular weight is 353 g/mol. The highest BCUT2D eigenvalue weighted by molar-refractivity contribution is 5.93. The van der Waals surface area contributed by atoms with Gasteiger partial charge in [-0.25, -0.2) is 0 Å². The van der Waals surface area contributed by atoms with Crippen LogP contribution in [0.5, 0.6) is 5.75 Å². The van der Waals surface area contributed by atoms with Crippen LogP contribution >= 0.6 is 0 Å². The lowest BCUT2D eigenvalue weighted by molar-refractivity contribution is 0.0704. The quantitative estimate of drug-likeness (QED) is 0.712. The number of hydrogen-bond acceptors (Lipinski definition) is 6. The third-order valence-electron chi connectivity index (χ3n) is 4.59. The van der Waals surface area contributed by atoms with E-state index in [0.717, 1.165) is 29.8 Å². The molecule has 1 aliphatic heterocycles. The number of methoxy groups -OCH3 is 1. The van der Waals surface area contributed by atoms with Gasteiger partial charge < -0.3 is 18.7 Å². The molecule has 0 radical (unpaired) electrons. The van der Waals surface area contributed by atoms with Crippen LogP contribution in [0, 0.1) is 6.92 Å². The number of aryl methyl sites for hydroxylation is 1. The highest BCUT2D eigenvalue weighted by atomic mass is 16.5. The van der Waals surface area contributed by atoms with Gasteiger partial charge in [-0.2, -0.15) is 0 Å². The minimum absolute atomic E-state index is 0.107. The summed E-state index contributed by atoms with van der Waals surface area (Å²) in [5, 5.41) is 7.90. The Bertz CT molecular complexity index is 913. The van der Waals surface area contributed by atoms with E-state index in [1.165, 1.54) is 0 Å². The van der Waals surface area contributed by atoms with E-state index in [-0.39, 0.29) is 11.9 Å². The van der Waals surface area contributed by atoms with Crippen LogP contribution in [-0.2, 0) is 0 Å². The smallest absolute Gasteiger partial charge is 0.276 e. The maximum Gasteiger partial charge on any atom is 0.276 e. The molecule has 0 saturated carbocycles. The summed E-state index contributed by atoms with van der Waals surface area (Å²) < 4.78 is 15.9. The maximum atomic E-state index is 12.9. The van der Waals surface area contributed by atoms with Gasteiger partial charge in [0.15, 0.2) is 17.2 Å². The number of nitrogens with zero attached hydrogens (tertiary/aromatic N) is 3. The number of carbonyl (C=O) groups is 1. The van der Waals surface area contributed by atoms with E-state index in [4.69, 9.17) is 13.8 Å². The van der Waals surface area contributed by atoms with Crippen molar-refractivity contribution < 1.29 is 18.6 Å². The van der Waals surface area contributed by atoms with Crippen molar-refractivity contribution in [1.82, 2.24) is 15.2 Å². The van der Waals surface area contributed by atoms with Gasteiger partial charge >= 0.3 is 0 Å². The molecule has 134 valence electrons. The van der Waals surface area contributed by atoms with Crippen LogP contribution in [0.15, 0.2) is 45.4 Å².